The molecule has 1 aromatic carbocycles. The van der Waals surface area contributed by atoms with Crippen molar-refractivity contribution in [3.8, 4) is 11.1 Å². The molecule has 6 nitrogen and oxygen atoms in total. The van der Waals surface area contributed by atoms with Crippen LogP contribution < -0.4 is 10.9 Å². The molecule has 0 bridgehead atoms. The SMILES string of the molecule is C=Cn1[nH]cc(-c2cc(C(=O)NCCCCC)nc3c(Cl)cccc23)c1=O. The molecule has 3 aromatic rings. The number of carbonyl (C=O) groups is 1. The Balaban J connectivity index is 2.10. The van der Waals surface area contributed by atoms with Gasteiger partial charge in [0.25, 0.3) is 11.5 Å². The molecule has 7 heteroatoms. The number of nitrogens with zero attached hydrogens (tertiary/aromatic N) is 2. The molecular formula is C20H21ClN4O2. The van der Waals surface area contributed by atoms with Crippen LogP contribution in [-0.4, -0.2) is 27.2 Å². The molecule has 3 rings (SSSR count). The topological polar surface area (TPSA) is 79.8 Å². The monoisotopic (exact) mass is 384 g/mol. The van der Waals surface area contributed by atoms with Gasteiger partial charge in [-0.1, -0.05) is 50.1 Å². The van der Waals surface area contributed by atoms with E-state index in [-0.39, 0.29) is 17.2 Å². The van der Waals surface area contributed by atoms with Crippen molar-refractivity contribution in [3.63, 3.8) is 0 Å². The average Bonchev–Trinajstić information content (AvgIpc) is 3.05. The van der Waals surface area contributed by atoms with E-state index in [1.807, 2.05) is 6.07 Å². The summed E-state index contributed by atoms with van der Waals surface area (Å²) in [5, 5.41) is 6.84. The summed E-state index contributed by atoms with van der Waals surface area (Å²) in [6, 6.07) is 6.96. The largest absolute Gasteiger partial charge is 0.351 e. The van der Waals surface area contributed by atoms with E-state index in [0.29, 0.717) is 33.6 Å². The number of H-pyrrole nitrogens is 1. The number of halogens is 1. The minimum Gasteiger partial charge on any atom is -0.351 e. The lowest BCUT2D eigenvalue weighted by Crippen LogP contribution is -2.25. The van der Waals surface area contributed by atoms with Crippen molar-refractivity contribution in [1.29, 1.82) is 0 Å². The van der Waals surface area contributed by atoms with Gasteiger partial charge in [-0.2, -0.15) is 0 Å². The number of para-hydroxylation sites is 1. The van der Waals surface area contributed by atoms with Gasteiger partial charge in [-0.05, 0) is 18.6 Å². The predicted octanol–water partition coefficient (Wildman–Crippen LogP) is 4.07. The normalized spacial score (nSPS) is 10.9. The first-order valence-corrected chi connectivity index (χ1v) is 9.25. The Morgan fingerprint density at radius 1 is 1.37 bits per heavy atom. The number of nitrogens with one attached hydrogen (secondary N) is 2. The number of hydrogen-bond donors (Lipinski definition) is 2. The summed E-state index contributed by atoms with van der Waals surface area (Å²) in [5.74, 6) is -0.284. The molecule has 0 aliphatic carbocycles. The highest BCUT2D eigenvalue weighted by atomic mass is 35.5. The molecule has 0 saturated heterocycles. The van der Waals surface area contributed by atoms with Crippen LogP contribution in [0.5, 0.6) is 0 Å². The van der Waals surface area contributed by atoms with Gasteiger partial charge in [0.1, 0.15) is 5.69 Å². The van der Waals surface area contributed by atoms with Gasteiger partial charge in [0, 0.05) is 29.9 Å². The molecule has 2 aromatic heterocycles. The Hall–Kier alpha value is -2.86. The number of pyridine rings is 1. The molecule has 27 heavy (non-hydrogen) atoms. The average molecular weight is 385 g/mol. The van der Waals surface area contributed by atoms with E-state index in [0.717, 1.165) is 19.3 Å². The highest BCUT2D eigenvalue weighted by molar-refractivity contribution is 6.35. The lowest BCUT2D eigenvalue weighted by molar-refractivity contribution is 0.0948. The summed E-state index contributed by atoms with van der Waals surface area (Å²) in [5.41, 5.74) is 1.48. The zero-order valence-corrected chi connectivity index (χ0v) is 15.8. The molecule has 1 amide bonds. The van der Waals surface area contributed by atoms with Crippen molar-refractivity contribution in [2.75, 3.05) is 6.54 Å². The fraction of sp³-hybridized carbons (Fsp3) is 0.250. The van der Waals surface area contributed by atoms with Crippen LogP contribution in [0.2, 0.25) is 5.02 Å². The summed E-state index contributed by atoms with van der Waals surface area (Å²) in [4.78, 5) is 29.6. The van der Waals surface area contributed by atoms with E-state index >= 15 is 0 Å². The fourth-order valence-corrected chi connectivity index (χ4v) is 3.15. The van der Waals surface area contributed by atoms with Gasteiger partial charge in [-0.3, -0.25) is 14.7 Å². The zero-order valence-electron chi connectivity index (χ0n) is 15.1. The molecule has 140 valence electrons. The van der Waals surface area contributed by atoms with Crippen molar-refractivity contribution in [2.24, 2.45) is 0 Å². The van der Waals surface area contributed by atoms with Crippen LogP contribution in [0.1, 0.15) is 36.7 Å². The highest BCUT2D eigenvalue weighted by Crippen LogP contribution is 2.30. The van der Waals surface area contributed by atoms with E-state index in [4.69, 9.17) is 11.6 Å². The van der Waals surface area contributed by atoms with E-state index < -0.39 is 0 Å². The number of hydrogen-bond acceptors (Lipinski definition) is 3. The molecule has 0 saturated carbocycles. The van der Waals surface area contributed by atoms with Crippen LogP contribution in [0.3, 0.4) is 0 Å². The smallest absolute Gasteiger partial charge is 0.278 e. The number of aromatic nitrogens is 3. The second-order valence-corrected chi connectivity index (χ2v) is 6.61. The number of rotatable bonds is 7. The Labute approximate surface area is 161 Å². The van der Waals surface area contributed by atoms with Gasteiger partial charge < -0.3 is 5.32 Å². The summed E-state index contributed by atoms with van der Waals surface area (Å²) < 4.78 is 1.27. The van der Waals surface area contributed by atoms with Gasteiger partial charge in [-0.15, -0.1) is 0 Å². The maximum atomic E-state index is 12.6. The summed E-state index contributed by atoms with van der Waals surface area (Å²) >= 11 is 6.31. The van der Waals surface area contributed by atoms with Gasteiger partial charge in [0.15, 0.2) is 0 Å². The van der Waals surface area contributed by atoms with Crippen LogP contribution in [-0.2, 0) is 0 Å². The summed E-state index contributed by atoms with van der Waals surface area (Å²) in [6.45, 7) is 6.29. The van der Waals surface area contributed by atoms with E-state index in [1.165, 1.54) is 10.9 Å². The number of benzene rings is 1. The third kappa shape index (κ3) is 3.80. The van der Waals surface area contributed by atoms with Crippen molar-refractivity contribution in [3.05, 3.63) is 58.1 Å². The summed E-state index contributed by atoms with van der Waals surface area (Å²) in [6.07, 6.45) is 6.01. The summed E-state index contributed by atoms with van der Waals surface area (Å²) in [7, 11) is 0. The van der Waals surface area contributed by atoms with Crippen molar-refractivity contribution < 1.29 is 4.79 Å². The zero-order chi connectivity index (χ0) is 19.4. The van der Waals surface area contributed by atoms with E-state index in [2.05, 4.69) is 28.9 Å². The first-order chi connectivity index (χ1) is 13.1. The van der Waals surface area contributed by atoms with Crippen molar-refractivity contribution in [1.82, 2.24) is 20.1 Å². The fourth-order valence-electron chi connectivity index (χ4n) is 2.93. The van der Waals surface area contributed by atoms with Crippen molar-refractivity contribution >= 4 is 34.6 Å². The van der Waals surface area contributed by atoms with Crippen LogP contribution in [0.25, 0.3) is 28.2 Å². The molecule has 2 N–H and O–H groups in total. The van der Waals surface area contributed by atoms with Gasteiger partial charge in [-0.25, -0.2) is 9.67 Å². The van der Waals surface area contributed by atoms with Crippen LogP contribution in [0.4, 0.5) is 0 Å². The molecule has 0 aliphatic rings. The molecule has 0 atom stereocenters. The predicted molar refractivity (Wildman–Crippen MR) is 109 cm³/mol. The highest BCUT2D eigenvalue weighted by Gasteiger charge is 2.17. The van der Waals surface area contributed by atoms with E-state index in [1.54, 1.807) is 24.4 Å². The molecule has 2 heterocycles. The molecule has 0 aliphatic heterocycles. The third-order valence-electron chi connectivity index (χ3n) is 4.36. The third-order valence-corrected chi connectivity index (χ3v) is 4.66. The number of fused-ring (bicyclic) bond motifs is 1. The molecular weight excluding hydrogens is 364 g/mol. The number of amides is 1. The Morgan fingerprint density at radius 3 is 2.89 bits per heavy atom. The Kier molecular flexibility index (Phi) is 5.76. The first kappa shape index (κ1) is 18.9. The lowest BCUT2D eigenvalue weighted by Gasteiger charge is -2.10. The minimum absolute atomic E-state index is 0.229. The maximum absolute atomic E-state index is 12.6. The van der Waals surface area contributed by atoms with Crippen LogP contribution in [0.15, 0.2) is 41.8 Å². The quantitative estimate of drug-likeness (QED) is 0.602. The molecule has 0 fully saturated rings. The minimum atomic E-state index is -0.284. The van der Waals surface area contributed by atoms with E-state index in [9.17, 15) is 9.59 Å². The van der Waals surface area contributed by atoms with Crippen LogP contribution >= 0.6 is 11.6 Å². The van der Waals surface area contributed by atoms with Gasteiger partial charge >= 0.3 is 0 Å². The molecule has 0 unspecified atom stereocenters. The van der Waals surface area contributed by atoms with Gasteiger partial charge in [0.05, 0.1) is 16.1 Å². The number of carbonyl (C=O) groups excluding carboxylic acids is 1. The second kappa shape index (κ2) is 8.22. The van der Waals surface area contributed by atoms with Gasteiger partial charge in [0.2, 0.25) is 0 Å². The molecule has 0 spiro atoms. The number of aromatic amines is 1. The Morgan fingerprint density at radius 2 is 2.19 bits per heavy atom. The van der Waals surface area contributed by atoms with Crippen LogP contribution in [0, 0.1) is 0 Å². The first-order valence-electron chi connectivity index (χ1n) is 8.87. The van der Waals surface area contributed by atoms with Crippen molar-refractivity contribution in [2.45, 2.75) is 26.2 Å². The standard InChI is InChI=1S/C20H21ClN4O2/c1-3-5-6-10-22-19(26)17-11-14(15-12-23-25(4-2)20(15)27)13-8-7-9-16(21)18(13)24-17/h4,7-9,11-12,23H,2-3,5-6,10H2,1H3,(H,22,26). The Bertz CT molecular complexity index is 1050. The second-order valence-electron chi connectivity index (χ2n) is 6.20. The maximum Gasteiger partial charge on any atom is 0.278 e. The molecule has 0 radical (unpaired) electrons. The number of unbranched alkanes of at least 4 members (excludes halogenated alkanes) is 2. The lowest BCUT2D eigenvalue weighted by atomic mass is 10.0.